The van der Waals surface area contributed by atoms with Gasteiger partial charge < -0.3 is 10.1 Å². The number of aromatic nitrogens is 1. The highest BCUT2D eigenvalue weighted by Gasteiger charge is 2.19. The third-order valence-electron chi connectivity index (χ3n) is 2.77. The number of ether oxygens (including phenoxy) is 1. The first-order valence-electron chi connectivity index (χ1n) is 6.08. The van der Waals surface area contributed by atoms with Crippen molar-refractivity contribution >= 4 is 11.7 Å². The Kier molecular flexibility index (Phi) is 4.50. The van der Waals surface area contributed by atoms with Gasteiger partial charge in [0.15, 0.2) is 0 Å². The normalized spacial score (nSPS) is 11.6. The summed E-state index contributed by atoms with van der Waals surface area (Å²) in [6, 6.07) is 13.1. The van der Waals surface area contributed by atoms with Crippen LogP contribution in [0.5, 0.6) is 0 Å². The van der Waals surface area contributed by atoms with E-state index in [-0.39, 0.29) is 5.97 Å². The fourth-order valence-corrected chi connectivity index (χ4v) is 1.83. The summed E-state index contributed by atoms with van der Waals surface area (Å²) in [5.41, 5.74) is 1.88. The number of hydrogen-bond donors (Lipinski definition) is 1. The second-order valence-corrected chi connectivity index (χ2v) is 4.15. The summed E-state index contributed by atoms with van der Waals surface area (Å²) in [6.07, 6.45) is 3.94. The first-order valence-corrected chi connectivity index (χ1v) is 6.08. The molecule has 2 aromatic rings. The third-order valence-corrected chi connectivity index (χ3v) is 2.77. The summed E-state index contributed by atoms with van der Waals surface area (Å²) in [7, 11) is 1.39. The van der Waals surface area contributed by atoms with E-state index < -0.39 is 6.04 Å². The Morgan fingerprint density at radius 2 is 2.05 bits per heavy atom. The fraction of sp³-hybridized carbons (Fsp3) is 0.200. The van der Waals surface area contributed by atoms with Gasteiger partial charge in [-0.1, -0.05) is 30.3 Å². The molecule has 0 radical (unpaired) electrons. The Morgan fingerprint density at radius 3 is 2.68 bits per heavy atom. The van der Waals surface area contributed by atoms with Crippen molar-refractivity contribution in [1.82, 2.24) is 4.98 Å². The summed E-state index contributed by atoms with van der Waals surface area (Å²) >= 11 is 0. The first-order chi connectivity index (χ1) is 9.29. The predicted octanol–water partition coefficient (Wildman–Crippen LogP) is 2.28. The van der Waals surface area contributed by atoms with Crippen LogP contribution >= 0.6 is 0 Å². The standard InChI is InChI=1S/C15H16N2O2/c1-19-15(18)14(10-12-6-3-2-4-7-12)17-13-8-5-9-16-11-13/h2-9,11,14,17H,10H2,1H3/t14-/m0/s1. The van der Waals surface area contributed by atoms with Crippen LogP contribution in [0.3, 0.4) is 0 Å². The number of esters is 1. The molecule has 0 aliphatic heterocycles. The van der Waals surface area contributed by atoms with Gasteiger partial charge in [0, 0.05) is 18.8 Å². The monoisotopic (exact) mass is 256 g/mol. The lowest BCUT2D eigenvalue weighted by molar-refractivity contribution is -0.141. The molecule has 19 heavy (non-hydrogen) atoms. The van der Waals surface area contributed by atoms with Crippen molar-refractivity contribution in [2.75, 3.05) is 12.4 Å². The molecule has 98 valence electrons. The van der Waals surface area contributed by atoms with Crippen molar-refractivity contribution in [3.8, 4) is 0 Å². The Hall–Kier alpha value is -2.36. The largest absolute Gasteiger partial charge is 0.467 e. The van der Waals surface area contributed by atoms with Crippen LogP contribution in [0.1, 0.15) is 5.56 Å². The van der Waals surface area contributed by atoms with Crippen molar-refractivity contribution in [3.05, 3.63) is 60.4 Å². The summed E-state index contributed by atoms with van der Waals surface area (Å²) < 4.78 is 4.83. The van der Waals surface area contributed by atoms with Gasteiger partial charge in [-0.3, -0.25) is 4.98 Å². The molecule has 0 unspecified atom stereocenters. The zero-order valence-electron chi connectivity index (χ0n) is 10.7. The molecule has 4 heteroatoms. The highest BCUT2D eigenvalue weighted by atomic mass is 16.5. The lowest BCUT2D eigenvalue weighted by Crippen LogP contribution is -2.32. The van der Waals surface area contributed by atoms with E-state index in [0.717, 1.165) is 11.3 Å². The average molecular weight is 256 g/mol. The van der Waals surface area contributed by atoms with Crippen molar-refractivity contribution in [3.63, 3.8) is 0 Å². The average Bonchev–Trinajstić information content (AvgIpc) is 2.48. The number of anilines is 1. The number of carbonyl (C=O) groups is 1. The van der Waals surface area contributed by atoms with Crippen LogP contribution in [-0.2, 0) is 16.0 Å². The molecule has 1 N–H and O–H groups in total. The van der Waals surface area contributed by atoms with E-state index in [4.69, 9.17) is 4.74 Å². The zero-order chi connectivity index (χ0) is 13.5. The molecule has 1 aromatic heterocycles. The van der Waals surface area contributed by atoms with E-state index in [1.807, 2.05) is 42.5 Å². The van der Waals surface area contributed by atoms with Gasteiger partial charge in [-0.2, -0.15) is 0 Å². The van der Waals surface area contributed by atoms with Gasteiger partial charge >= 0.3 is 5.97 Å². The Labute approximate surface area is 112 Å². The van der Waals surface area contributed by atoms with Gasteiger partial charge in [0.05, 0.1) is 12.8 Å². The van der Waals surface area contributed by atoms with E-state index in [0.29, 0.717) is 6.42 Å². The van der Waals surface area contributed by atoms with Crippen molar-refractivity contribution < 1.29 is 9.53 Å². The van der Waals surface area contributed by atoms with E-state index in [1.165, 1.54) is 7.11 Å². The lowest BCUT2D eigenvalue weighted by atomic mass is 10.1. The smallest absolute Gasteiger partial charge is 0.328 e. The van der Waals surface area contributed by atoms with Crippen LogP contribution in [0.2, 0.25) is 0 Å². The van der Waals surface area contributed by atoms with Crippen LogP contribution in [0.25, 0.3) is 0 Å². The molecule has 0 fully saturated rings. The molecule has 1 atom stereocenters. The molecule has 4 nitrogen and oxygen atoms in total. The molecular weight excluding hydrogens is 240 g/mol. The second kappa shape index (κ2) is 6.54. The SMILES string of the molecule is COC(=O)[C@H](Cc1ccccc1)Nc1cccnc1. The minimum atomic E-state index is -0.420. The minimum Gasteiger partial charge on any atom is -0.467 e. The van der Waals surface area contributed by atoms with Crippen LogP contribution < -0.4 is 5.32 Å². The number of pyridine rings is 1. The number of nitrogens with one attached hydrogen (secondary N) is 1. The Bertz CT molecular complexity index is 473. The van der Waals surface area contributed by atoms with Gasteiger partial charge in [-0.25, -0.2) is 4.79 Å². The Balaban J connectivity index is 2.10. The Morgan fingerprint density at radius 1 is 1.26 bits per heavy atom. The summed E-state index contributed by atoms with van der Waals surface area (Å²) in [5.74, 6) is -0.285. The number of hydrogen-bond acceptors (Lipinski definition) is 4. The maximum absolute atomic E-state index is 11.8. The summed E-state index contributed by atoms with van der Waals surface area (Å²) in [6.45, 7) is 0. The van der Waals surface area contributed by atoms with Gasteiger partial charge in [0.1, 0.15) is 6.04 Å². The topological polar surface area (TPSA) is 51.2 Å². The molecule has 0 spiro atoms. The van der Waals surface area contributed by atoms with Gasteiger partial charge in [-0.05, 0) is 17.7 Å². The number of rotatable bonds is 5. The minimum absolute atomic E-state index is 0.285. The zero-order valence-corrected chi connectivity index (χ0v) is 10.7. The first kappa shape index (κ1) is 13.1. The van der Waals surface area contributed by atoms with E-state index in [9.17, 15) is 4.79 Å². The molecule has 0 bridgehead atoms. The molecule has 1 aromatic carbocycles. The van der Waals surface area contributed by atoms with Crippen LogP contribution in [0.15, 0.2) is 54.9 Å². The molecule has 0 saturated heterocycles. The number of methoxy groups -OCH3 is 1. The molecule has 0 aliphatic carbocycles. The fourth-order valence-electron chi connectivity index (χ4n) is 1.83. The highest BCUT2D eigenvalue weighted by Crippen LogP contribution is 2.11. The molecule has 2 rings (SSSR count). The van der Waals surface area contributed by atoms with Crippen LogP contribution in [-0.4, -0.2) is 24.1 Å². The quantitative estimate of drug-likeness (QED) is 0.834. The maximum Gasteiger partial charge on any atom is 0.328 e. The third kappa shape index (κ3) is 3.81. The molecule has 0 amide bonds. The maximum atomic E-state index is 11.8. The number of benzene rings is 1. The van der Waals surface area contributed by atoms with Gasteiger partial charge in [-0.15, -0.1) is 0 Å². The van der Waals surface area contributed by atoms with E-state index >= 15 is 0 Å². The predicted molar refractivity (Wildman–Crippen MR) is 73.8 cm³/mol. The molecule has 1 heterocycles. The number of carbonyl (C=O) groups excluding carboxylic acids is 1. The van der Waals surface area contributed by atoms with Crippen LogP contribution in [0, 0.1) is 0 Å². The molecule has 0 saturated carbocycles. The van der Waals surface area contributed by atoms with Crippen molar-refractivity contribution in [2.45, 2.75) is 12.5 Å². The lowest BCUT2D eigenvalue weighted by Gasteiger charge is -2.17. The van der Waals surface area contributed by atoms with E-state index in [1.54, 1.807) is 12.4 Å². The van der Waals surface area contributed by atoms with E-state index in [2.05, 4.69) is 10.3 Å². The molecule has 0 aliphatic rings. The van der Waals surface area contributed by atoms with Crippen molar-refractivity contribution in [1.29, 1.82) is 0 Å². The summed E-state index contributed by atoms with van der Waals surface area (Å²) in [5, 5.41) is 3.14. The number of nitrogens with zero attached hydrogens (tertiary/aromatic N) is 1. The van der Waals surface area contributed by atoms with Gasteiger partial charge in [0.2, 0.25) is 0 Å². The van der Waals surface area contributed by atoms with Crippen molar-refractivity contribution in [2.24, 2.45) is 0 Å². The van der Waals surface area contributed by atoms with Gasteiger partial charge in [0.25, 0.3) is 0 Å². The highest BCUT2D eigenvalue weighted by molar-refractivity contribution is 5.79. The second-order valence-electron chi connectivity index (χ2n) is 4.15. The molecular formula is C15H16N2O2. The summed E-state index contributed by atoms with van der Waals surface area (Å²) in [4.78, 5) is 15.8. The van der Waals surface area contributed by atoms with Crippen LogP contribution in [0.4, 0.5) is 5.69 Å².